The highest BCUT2D eigenvalue weighted by atomic mass is 35.5. The minimum absolute atomic E-state index is 0.255. The summed E-state index contributed by atoms with van der Waals surface area (Å²) in [6.07, 6.45) is 0.424. The molecule has 1 aromatic carbocycles. The van der Waals surface area contributed by atoms with Gasteiger partial charge in [0, 0.05) is 23.1 Å². The van der Waals surface area contributed by atoms with Crippen LogP contribution in [0.2, 0.25) is 5.02 Å². The van der Waals surface area contributed by atoms with Crippen molar-refractivity contribution in [3.63, 3.8) is 0 Å². The van der Waals surface area contributed by atoms with Gasteiger partial charge in [-0.15, -0.1) is 11.3 Å². The van der Waals surface area contributed by atoms with E-state index >= 15 is 0 Å². The van der Waals surface area contributed by atoms with Gasteiger partial charge in [0.1, 0.15) is 5.84 Å². The van der Waals surface area contributed by atoms with Gasteiger partial charge in [-0.05, 0) is 34.5 Å². The molecule has 2 rings (SSSR count). The number of amidine groups is 1. The Balaban J connectivity index is 2.24. The molecule has 2 aromatic rings. The average molecular weight is 283 g/mol. The predicted molar refractivity (Wildman–Crippen MR) is 73.9 cm³/mol. The molecule has 2 N–H and O–H groups in total. The van der Waals surface area contributed by atoms with Gasteiger partial charge in [0.15, 0.2) is 0 Å². The average Bonchev–Trinajstić information content (AvgIpc) is 2.69. The molecule has 1 heterocycles. The van der Waals surface area contributed by atoms with E-state index in [1.807, 2.05) is 23.6 Å². The zero-order valence-corrected chi connectivity index (χ0v) is 11.2. The van der Waals surface area contributed by atoms with Crippen LogP contribution in [0.5, 0.6) is 0 Å². The Labute approximate surface area is 113 Å². The number of fused-ring (bicyclic) bond motifs is 1. The van der Waals surface area contributed by atoms with E-state index < -0.39 is 5.97 Å². The van der Waals surface area contributed by atoms with E-state index in [4.69, 9.17) is 17.3 Å². The number of benzene rings is 1. The predicted octanol–water partition coefficient (Wildman–Crippen LogP) is 2.93. The molecule has 0 unspecified atom stereocenters. The Kier molecular flexibility index (Phi) is 3.84. The van der Waals surface area contributed by atoms with E-state index in [1.54, 1.807) is 11.3 Å². The lowest BCUT2D eigenvalue weighted by Gasteiger charge is -1.99. The molecule has 0 aliphatic rings. The number of thiophene rings is 1. The van der Waals surface area contributed by atoms with Gasteiger partial charge in [-0.1, -0.05) is 16.8 Å². The standard InChI is InChI=1S/C12H11ClN2O2S/c1-7(16)17-15-12(14)4-8-6-18-11-3-2-9(13)5-10(8)11/h2-3,5-6H,4H2,1H3,(H2,14,15). The van der Waals surface area contributed by atoms with E-state index in [0.29, 0.717) is 11.4 Å². The zero-order valence-electron chi connectivity index (χ0n) is 9.64. The number of halogens is 1. The van der Waals surface area contributed by atoms with Crippen LogP contribution in [0, 0.1) is 0 Å². The fourth-order valence-corrected chi connectivity index (χ4v) is 2.66. The second-order valence-electron chi connectivity index (χ2n) is 3.74. The van der Waals surface area contributed by atoms with Gasteiger partial charge in [0.2, 0.25) is 0 Å². The fourth-order valence-electron chi connectivity index (χ4n) is 1.54. The van der Waals surface area contributed by atoms with Crippen LogP contribution in [0.1, 0.15) is 12.5 Å². The summed E-state index contributed by atoms with van der Waals surface area (Å²) in [4.78, 5) is 15.1. The first kappa shape index (κ1) is 12.9. The lowest BCUT2D eigenvalue weighted by molar-refractivity contribution is -0.140. The van der Waals surface area contributed by atoms with Gasteiger partial charge in [0.25, 0.3) is 0 Å². The van der Waals surface area contributed by atoms with Gasteiger partial charge >= 0.3 is 5.97 Å². The molecule has 0 amide bonds. The summed E-state index contributed by atoms with van der Waals surface area (Å²) >= 11 is 7.57. The molecule has 4 nitrogen and oxygen atoms in total. The van der Waals surface area contributed by atoms with Crippen LogP contribution in [0.15, 0.2) is 28.7 Å². The molecule has 0 saturated heterocycles. The largest absolute Gasteiger partial charge is 0.384 e. The maximum atomic E-state index is 10.6. The van der Waals surface area contributed by atoms with E-state index in [2.05, 4.69) is 9.99 Å². The molecule has 0 atom stereocenters. The van der Waals surface area contributed by atoms with Crippen LogP contribution in [0.25, 0.3) is 10.1 Å². The topological polar surface area (TPSA) is 64.7 Å². The molecule has 0 aliphatic heterocycles. The molecule has 0 spiro atoms. The molecule has 18 heavy (non-hydrogen) atoms. The lowest BCUT2D eigenvalue weighted by Crippen LogP contribution is -2.15. The van der Waals surface area contributed by atoms with Crippen LogP contribution in [0.3, 0.4) is 0 Å². The molecule has 0 fully saturated rings. The van der Waals surface area contributed by atoms with Crippen molar-refractivity contribution in [2.24, 2.45) is 10.9 Å². The number of nitrogens with zero attached hydrogens (tertiary/aromatic N) is 1. The molecule has 0 bridgehead atoms. The third-order valence-corrected chi connectivity index (χ3v) is 3.53. The first-order valence-electron chi connectivity index (χ1n) is 5.22. The van der Waals surface area contributed by atoms with Gasteiger partial charge in [0.05, 0.1) is 0 Å². The molecular weight excluding hydrogens is 272 g/mol. The molecular formula is C12H11ClN2O2S. The summed E-state index contributed by atoms with van der Waals surface area (Å²) < 4.78 is 1.13. The van der Waals surface area contributed by atoms with Crippen molar-refractivity contribution in [1.29, 1.82) is 0 Å². The van der Waals surface area contributed by atoms with Crippen LogP contribution in [-0.4, -0.2) is 11.8 Å². The van der Waals surface area contributed by atoms with E-state index in [-0.39, 0.29) is 5.84 Å². The first-order valence-corrected chi connectivity index (χ1v) is 6.47. The molecule has 0 aliphatic carbocycles. The summed E-state index contributed by atoms with van der Waals surface area (Å²) in [6.45, 7) is 1.27. The summed E-state index contributed by atoms with van der Waals surface area (Å²) in [5, 5.41) is 7.27. The van der Waals surface area contributed by atoms with Gasteiger partial charge < -0.3 is 10.6 Å². The highest BCUT2D eigenvalue weighted by molar-refractivity contribution is 7.17. The Hall–Kier alpha value is -1.59. The van der Waals surface area contributed by atoms with Crippen molar-refractivity contribution < 1.29 is 9.63 Å². The van der Waals surface area contributed by atoms with Gasteiger partial charge in [-0.3, -0.25) is 0 Å². The van der Waals surface area contributed by atoms with E-state index in [9.17, 15) is 4.79 Å². The Morgan fingerprint density at radius 3 is 3.06 bits per heavy atom. The maximum Gasteiger partial charge on any atom is 0.332 e. The number of nitrogens with two attached hydrogens (primary N) is 1. The van der Waals surface area contributed by atoms with Crippen molar-refractivity contribution in [3.05, 3.63) is 34.2 Å². The molecule has 6 heteroatoms. The fraction of sp³-hybridized carbons (Fsp3) is 0.167. The molecule has 0 radical (unpaired) electrons. The van der Waals surface area contributed by atoms with E-state index in [1.165, 1.54) is 6.92 Å². The Bertz CT molecular complexity index is 622. The Morgan fingerprint density at radius 2 is 2.33 bits per heavy atom. The zero-order chi connectivity index (χ0) is 13.1. The molecule has 0 saturated carbocycles. The quantitative estimate of drug-likeness (QED) is 0.407. The summed E-state index contributed by atoms with van der Waals surface area (Å²) in [5.41, 5.74) is 6.71. The molecule has 1 aromatic heterocycles. The normalized spacial score (nSPS) is 11.8. The highest BCUT2D eigenvalue weighted by Gasteiger charge is 2.07. The number of rotatable bonds is 3. The van der Waals surface area contributed by atoms with E-state index in [0.717, 1.165) is 15.6 Å². The van der Waals surface area contributed by atoms with Gasteiger partial charge in [-0.2, -0.15) is 0 Å². The minimum Gasteiger partial charge on any atom is -0.384 e. The number of oxime groups is 1. The number of hydrogen-bond donors (Lipinski definition) is 1. The Morgan fingerprint density at radius 1 is 1.56 bits per heavy atom. The number of carbonyl (C=O) groups excluding carboxylic acids is 1. The second-order valence-corrected chi connectivity index (χ2v) is 5.09. The highest BCUT2D eigenvalue weighted by Crippen LogP contribution is 2.28. The summed E-state index contributed by atoms with van der Waals surface area (Å²) in [7, 11) is 0. The van der Waals surface area contributed by atoms with Crippen molar-refractivity contribution >= 4 is 44.8 Å². The lowest BCUT2D eigenvalue weighted by atomic mass is 10.1. The minimum atomic E-state index is -0.490. The van der Waals surface area contributed by atoms with Crippen LogP contribution in [0.4, 0.5) is 0 Å². The number of carbonyl (C=O) groups is 1. The number of hydrogen-bond acceptors (Lipinski definition) is 4. The maximum absolute atomic E-state index is 10.6. The monoisotopic (exact) mass is 282 g/mol. The molecule has 94 valence electrons. The van der Waals surface area contributed by atoms with Crippen LogP contribution in [-0.2, 0) is 16.1 Å². The van der Waals surface area contributed by atoms with Crippen molar-refractivity contribution in [2.45, 2.75) is 13.3 Å². The van der Waals surface area contributed by atoms with Gasteiger partial charge in [-0.25, -0.2) is 4.79 Å². The van der Waals surface area contributed by atoms with Crippen molar-refractivity contribution in [1.82, 2.24) is 0 Å². The SMILES string of the molecule is CC(=O)ON=C(N)Cc1csc2ccc(Cl)cc12. The summed E-state index contributed by atoms with van der Waals surface area (Å²) in [5.74, 6) is -0.235. The van der Waals surface area contributed by atoms with Crippen LogP contribution >= 0.6 is 22.9 Å². The third-order valence-electron chi connectivity index (χ3n) is 2.28. The first-order chi connectivity index (χ1) is 8.56. The van der Waals surface area contributed by atoms with Crippen molar-refractivity contribution in [3.8, 4) is 0 Å². The smallest absolute Gasteiger partial charge is 0.332 e. The van der Waals surface area contributed by atoms with Crippen molar-refractivity contribution in [2.75, 3.05) is 0 Å². The second kappa shape index (κ2) is 5.37. The summed E-state index contributed by atoms with van der Waals surface area (Å²) in [6, 6.07) is 5.70. The third kappa shape index (κ3) is 3.00. The van der Waals surface area contributed by atoms with Crippen LogP contribution < -0.4 is 5.73 Å².